The number of halogens is 12. The van der Waals surface area contributed by atoms with Gasteiger partial charge in [-0.3, -0.25) is 4.79 Å². The number of carbonyl (C=O) groups excluding carboxylic acids is 2. The van der Waals surface area contributed by atoms with Crippen LogP contribution >= 0.6 is 0 Å². The summed E-state index contributed by atoms with van der Waals surface area (Å²) in [6.07, 6.45) is -18.4. The van der Waals surface area contributed by atoms with Gasteiger partial charge in [0.2, 0.25) is 11.7 Å². The quantitative estimate of drug-likeness (QED) is 0.208. The Labute approximate surface area is 269 Å². The minimum Gasteiger partial charge on any atom is -0.444 e. The molecule has 1 atom stereocenters. The normalized spacial score (nSPS) is 14.8. The topological polar surface area (TPSA) is 76.5 Å². The number of aromatic nitrogens is 2. The molecule has 0 bridgehead atoms. The molecule has 7 nitrogen and oxygen atoms in total. The van der Waals surface area contributed by atoms with E-state index in [-0.39, 0.29) is 18.2 Å². The molecule has 49 heavy (non-hydrogen) atoms. The minimum absolute atomic E-state index is 0.235. The van der Waals surface area contributed by atoms with Crippen molar-refractivity contribution in [1.29, 1.82) is 0 Å². The standard InChI is InChI=1S/C30H26F12N4O3/c1-27(2,3)49-26(48)43-16(8-14-9-20(32)21(33)12-19(14)31)11-23(47)45-6-7-46-22(13-45)24(44-25(46)30(40,41)42)17-5-4-15(28(34,35)36)10-18(17)29(37,38)39/h4-5,9-10,12,16H,6-8,11,13H2,1-3H3,(H,43,48)/t16-/m1/s1. The number of alkyl halides is 9. The fourth-order valence-electron chi connectivity index (χ4n) is 5.15. The lowest BCUT2D eigenvalue weighted by atomic mass is 9.98. The molecule has 1 aromatic heterocycles. The maximum absolute atomic E-state index is 14.5. The lowest BCUT2D eigenvalue weighted by molar-refractivity contribution is -0.148. The Morgan fingerprint density at radius 2 is 1.49 bits per heavy atom. The van der Waals surface area contributed by atoms with Crippen LogP contribution in [0.1, 0.15) is 55.4 Å². The third-order valence-electron chi connectivity index (χ3n) is 7.22. The lowest BCUT2D eigenvalue weighted by Crippen LogP contribution is -2.45. The Balaban J connectivity index is 1.72. The zero-order valence-electron chi connectivity index (χ0n) is 25.6. The van der Waals surface area contributed by atoms with Gasteiger partial charge in [-0.15, -0.1) is 0 Å². The molecule has 2 heterocycles. The van der Waals surface area contributed by atoms with E-state index < -0.39 is 132 Å². The summed E-state index contributed by atoms with van der Waals surface area (Å²) in [6.45, 7) is 2.54. The summed E-state index contributed by atoms with van der Waals surface area (Å²) in [5.41, 5.74) is -7.83. The molecule has 4 rings (SSSR count). The number of hydrogen-bond acceptors (Lipinski definition) is 4. The van der Waals surface area contributed by atoms with Gasteiger partial charge in [-0.2, -0.15) is 39.5 Å². The van der Waals surface area contributed by atoms with Crippen molar-refractivity contribution in [2.45, 2.75) is 76.9 Å². The molecule has 19 heteroatoms. The minimum atomic E-state index is -5.47. The largest absolute Gasteiger partial charge is 0.449 e. The highest BCUT2D eigenvalue weighted by molar-refractivity contribution is 5.79. The van der Waals surface area contributed by atoms with Gasteiger partial charge in [-0.1, -0.05) is 6.07 Å². The van der Waals surface area contributed by atoms with Crippen LogP contribution in [0.4, 0.5) is 57.5 Å². The molecular formula is C30H26F12N4O3. The molecule has 2 amide bonds. The van der Waals surface area contributed by atoms with Crippen molar-refractivity contribution in [1.82, 2.24) is 19.8 Å². The van der Waals surface area contributed by atoms with Crippen LogP contribution in [0.5, 0.6) is 0 Å². The Bertz CT molecular complexity index is 1740. The molecule has 0 spiro atoms. The molecule has 0 unspecified atom stereocenters. The summed E-state index contributed by atoms with van der Waals surface area (Å²) in [4.78, 5) is 30.2. The van der Waals surface area contributed by atoms with Gasteiger partial charge in [0.25, 0.3) is 0 Å². The Morgan fingerprint density at radius 1 is 0.857 bits per heavy atom. The zero-order chi connectivity index (χ0) is 36.9. The number of alkyl carbamates (subject to hydrolysis) is 1. The van der Waals surface area contributed by atoms with E-state index >= 15 is 0 Å². The Kier molecular flexibility index (Phi) is 10.00. The molecule has 1 aliphatic heterocycles. The number of benzene rings is 2. The molecule has 0 saturated heterocycles. The molecule has 0 saturated carbocycles. The lowest BCUT2D eigenvalue weighted by Gasteiger charge is -2.31. The number of amides is 2. The third kappa shape index (κ3) is 8.78. The van der Waals surface area contributed by atoms with Crippen LogP contribution in [0.15, 0.2) is 30.3 Å². The summed E-state index contributed by atoms with van der Waals surface area (Å²) in [5.74, 6) is -6.78. The van der Waals surface area contributed by atoms with Crippen molar-refractivity contribution in [3.8, 4) is 11.3 Å². The van der Waals surface area contributed by atoms with E-state index in [0.717, 1.165) is 4.90 Å². The van der Waals surface area contributed by atoms with E-state index in [2.05, 4.69) is 10.3 Å². The van der Waals surface area contributed by atoms with Crippen LogP contribution < -0.4 is 5.32 Å². The maximum Gasteiger partial charge on any atom is 0.449 e. The van der Waals surface area contributed by atoms with Crippen LogP contribution in [0.3, 0.4) is 0 Å². The van der Waals surface area contributed by atoms with Crippen molar-refractivity contribution in [2.24, 2.45) is 0 Å². The third-order valence-corrected chi connectivity index (χ3v) is 7.22. The van der Waals surface area contributed by atoms with Crippen molar-refractivity contribution in [3.63, 3.8) is 0 Å². The van der Waals surface area contributed by atoms with Crippen molar-refractivity contribution < 1.29 is 67.0 Å². The van der Waals surface area contributed by atoms with Crippen molar-refractivity contribution >= 4 is 12.0 Å². The second-order valence-electron chi connectivity index (χ2n) is 12.1. The highest BCUT2D eigenvalue weighted by Gasteiger charge is 2.44. The first-order chi connectivity index (χ1) is 22.3. The number of hydrogen-bond donors (Lipinski definition) is 1. The van der Waals surface area contributed by atoms with E-state index in [9.17, 15) is 62.3 Å². The smallest absolute Gasteiger partial charge is 0.444 e. The van der Waals surface area contributed by atoms with Crippen LogP contribution in [0.25, 0.3) is 11.3 Å². The first kappa shape index (κ1) is 37.4. The Hall–Kier alpha value is -4.45. The number of imidazole rings is 1. The van der Waals surface area contributed by atoms with Crippen LogP contribution in [-0.2, 0) is 47.6 Å². The predicted octanol–water partition coefficient (Wildman–Crippen LogP) is 7.89. The molecule has 0 aliphatic carbocycles. The molecule has 0 fully saturated rings. The number of nitrogens with zero attached hydrogens (tertiary/aromatic N) is 3. The number of fused-ring (bicyclic) bond motifs is 1. The zero-order valence-corrected chi connectivity index (χ0v) is 25.6. The molecule has 0 radical (unpaired) electrons. The predicted molar refractivity (Wildman–Crippen MR) is 146 cm³/mol. The van der Waals surface area contributed by atoms with Gasteiger partial charge in [-0.25, -0.2) is 22.9 Å². The second-order valence-corrected chi connectivity index (χ2v) is 12.1. The second kappa shape index (κ2) is 13.1. The van der Waals surface area contributed by atoms with Crippen LogP contribution in [0.2, 0.25) is 0 Å². The maximum atomic E-state index is 14.5. The number of carbonyl (C=O) groups is 2. The van der Waals surface area contributed by atoms with Crippen molar-refractivity contribution in [2.75, 3.05) is 6.54 Å². The molecular weight excluding hydrogens is 692 g/mol. The monoisotopic (exact) mass is 718 g/mol. The van der Waals surface area contributed by atoms with Gasteiger partial charge in [0, 0.05) is 37.2 Å². The van der Waals surface area contributed by atoms with Gasteiger partial charge in [-0.05, 0) is 51.0 Å². The SMILES string of the molecule is CC(C)(C)OC(=O)N[C@@H](CC(=O)N1CCn2c(C(F)(F)F)nc(-c3ccc(C(F)(F)F)cc3C(F)(F)F)c2C1)Cc1cc(F)c(F)cc1F. The highest BCUT2D eigenvalue weighted by atomic mass is 19.4. The van der Waals surface area contributed by atoms with E-state index in [1.54, 1.807) is 0 Å². The first-order valence-corrected chi connectivity index (χ1v) is 14.2. The van der Waals surface area contributed by atoms with E-state index in [0.29, 0.717) is 16.7 Å². The van der Waals surface area contributed by atoms with Gasteiger partial charge >= 0.3 is 24.6 Å². The fraction of sp³-hybridized carbons (Fsp3) is 0.433. The molecule has 1 N–H and O–H groups in total. The molecule has 268 valence electrons. The van der Waals surface area contributed by atoms with Crippen LogP contribution in [-0.4, -0.2) is 44.6 Å². The molecule has 3 aromatic rings. The summed E-state index contributed by atoms with van der Waals surface area (Å²) in [6, 6.07) is -0.327. The number of nitrogens with one attached hydrogen (secondary N) is 1. The summed E-state index contributed by atoms with van der Waals surface area (Å²) < 4.78 is 171. The molecule has 2 aromatic carbocycles. The summed E-state index contributed by atoms with van der Waals surface area (Å²) >= 11 is 0. The first-order valence-electron chi connectivity index (χ1n) is 14.2. The van der Waals surface area contributed by atoms with Crippen molar-refractivity contribution in [3.05, 3.63) is 76.0 Å². The molecule has 1 aliphatic rings. The van der Waals surface area contributed by atoms with Gasteiger partial charge in [0.1, 0.15) is 11.4 Å². The highest BCUT2D eigenvalue weighted by Crippen LogP contribution is 2.43. The van der Waals surface area contributed by atoms with Gasteiger partial charge in [0.15, 0.2) is 11.6 Å². The Morgan fingerprint density at radius 3 is 2.06 bits per heavy atom. The van der Waals surface area contributed by atoms with E-state index in [1.165, 1.54) is 20.8 Å². The average molecular weight is 719 g/mol. The van der Waals surface area contributed by atoms with E-state index in [1.807, 2.05) is 0 Å². The summed E-state index contributed by atoms with van der Waals surface area (Å²) in [7, 11) is 0. The van der Waals surface area contributed by atoms with Gasteiger partial charge < -0.3 is 19.5 Å². The average Bonchev–Trinajstić information content (AvgIpc) is 3.33. The number of ether oxygens (including phenoxy) is 1. The number of rotatable bonds is 6. The fourth-order valence-corrected chi connectivity index (χ4v) is 5.15. The van der Waals surface area contributed by atoms with Crippen LogP contribution in [0, 0.1) is 17.5 Å². The van der Waals surface area contributed by atoms with Gasteiger partial charge in [0.05, 0.1) is 29.1 Å². The van der Waals surface area contributed by atoms with E-state index in [4.69, 9.17) is 4.74 Å². The summed E-state index contributed by atoms with van der Waals surface area (Å²) in [5, 5.41) is 2.30.